The fourth-order valence-corrected chi connectivity index (χ4v) is 5.46. The van der Waals surface area contributed by atoms with Crippen molar-refractivity contribution in [1.82, 2.24) is 20.1 Å². The van der Waals surface area contributed by atoms with Crippen LogP contribution in [0.15, 0.2) is 108 Å². The van der Waals surface area contributed by atoms with Crippen LogP contribution in [0.25, 0.3) is 16.8 Å². The Morgan fingerprint density at radius 1 is 0.868 bits per heavy atom. The van der Waals surface area contributed by atoms with Gasteiger partial charge >= 0.3 is 0 Å². The lowest BCUT2D eigenvalue weighted by molar-refractivity contribution is 0.0938. The number of hydrogen-bond donors (Lipinski definition) is 1. The first-order chi connectivity index (χ1) is 18.5. The Morgan fingerprint density at radius 2 is 1.53 bits per heavy atom. The third-order valence-electron chi connectivity index (χ3n) is 6.01. The molecule has 1 aromatic heterocycles. The third kappa shape index (κ3) is 5.94. The van der Waals surface area contributed by atoms with E-state index in [0.29, 0.717) is 38.0 Å². The number of hydrogen-bond acceptors (Lipinski definition) is 4. The van der Waals surface area contributed by atoms with Crippen LogP contribution in [0.5, 0.6) is 0 Å². The first-order valence-electron chi connectivity index (χ1n) is 12.0. The molecule has 1 unspecified atom stereocenters. The minimum atomic E-state index is -0.443. The molecule has 0 aliphatic carbocycles. The topological polar surface area (TPSA) is 59.8 Å². The van der Waals surface area contributed by atoms with Gasteiger partial charge in [-0.15, -0.1) is 10.2 Å². The van der Waals surface area contributed by atoms with E-state index in [2.05, 4.69) is 27.6 Å². The molecule has 0 spiro atoms. The number of benzene rings is 4. The minimum absolute atomic E-state index is 0.202. The largest absolute Gasteiger partial charge is 0.342 e. The van der Waals surface area contributed by atoms with Gasteiger partial charge in [-0.05, 0) is 53.9 Å². The number of carbonyl (C=O) groups excluding carboxylic acids is 1. The van der Waals surface area contributed by atoms with Gasteiger partial charge in [0.05, 0.1) is 16.8 Å². The van der Waals surface area contributed by atoms with Crippen LogP contribution in [-0.4, -0.2) is 20.7 Å². The number of thioether (sulfide) groups is 1. The summed E-state index contributed by atoms with van der Waals surface area (Å²) in [6, 6.07) is 32.6. The van der Waals surface area contributed by atoms with Gasteiger partial charge in [-0.1, -0.05) is 108 Å². The Kier molecular flexibility index (Phi) is 8.13. The first kappa shape index (κ1) is 26.0. The molecular formula is C30H24Cl2N4OS. The van der Waals surface area contributed by atoms with Crippen molar-refractivity contribution in [2.24, 2.45) is 0 Å². The summed E-state index contributed by atoms with van der Waals surface area (Å²) in [5, 5.41) is 13.6. The second-order valence-corrected chi connectivity index (χ2v) is 10.5. The summed E-state index contributed by atoms with van der Waals surface area (Å²) in [5.74, 6) is 1.07. The highest BCUT2D eigenvalue weighted by Gasteiger charge is 2.23. The average Bonchev–Trinajstić information content (AvgIpc) is 3.37. The van der Waals surface area contributed by atoms with E-state index in [0.717, 1.165) is 16.7 Å². The van der Waals surface area contributed by atoms with E-state index < -0.39 is 6.04 Å². The zero-order valence-electron chi connectivity index (χ0n) is 20.5. The predicted molar refractivity (Wildman–Crippen MR) is 155 cm³/mol. The molecule has 5 nitrogen and oxygen atoms in total. The quantitative estimate of drug-likeness (QED) is 0.196. The van der Waals surface area contributed by atoms with Crippen molar-refractivity contribution >= 4 is 40.9 Å². The monoisotopic (exact) mass is 558 g/mol. The molecule has 1 heterocycles. The fourth-order valence-electron chi connectivity index (χ4n) is 4.06. The van der Waals surface area contributed by atoms with Crippen molar-refractivity contribution in [3.05, 3.63) is 130 Å². The zero-order valence-corrected chi connectivity index (χ0v) is 22.8. The van der Waals surface area contributed by atoms with E-state index >= 15 is 0 Å². The molecule has 0 saturated carbocycles. The maximum atomic E-state index is 13.1. The molecule has 0 saturated heterocycles. The first-order valence-corrected chi connectivity index (χ1v) is 13.8. The lowest BCUT2D eigenvalue weighted by Gasteiger charge is -2.17. The molecule has 0 fully saturated rings. The maximum absolute atomic E-state index is 13.1. The van der Waals surface area contributed by atoms with Gasteiger partial charge in [-0.25, -0.2) is 0 Å². The summed E-state index contributed by atoms with van der Waals surface area (Å²) >= 11 is 14.3. The highest BCUT2D eigenvalue weighted by molar-refractivity contribution is 7.98. The van der Waals surface area contributed by atoms with Crippen LogP contribution in [0.1, 0.15) is 34.7 Å². The number of carbonyl (C=O) groups is 1. The van der Waals surface area contributed by atoms with Crippen LogP contribution in [0.3, 0.4) is 0 Å². The maximum Gasteiger partial charge on any atom is 0.251 e. The Balaban J connectivity index is 1.40. The van der Waals surface area contributed by atoms with E-state index in [-0.39, 0.29) is 5.91 Å². The van der Waals surface area contributed by atoms with Crippen LogP contribution in [0.4, 0.5) is 0 Å². The predicted octanol–water partition coefficient (Wildman–Crippen LogP) is 8.02. The van der Waals surface area contributed by atoms with Gasteiger partial charge in [0.25, 0.3) is 5.91 Å². The van der Waals surface area contributed by atoms with Gasteiger partial charge in [0, 0.05) is 16.3 Å². The molecule has 4 aromatic carbocycles. The van der Waals surface area contributed by atoms with Crippen LogP contribution in [-0.2, 0) is 5.75 Å². The molecule has 190 valence electrons. The summed E-state index contributed by atoms with van der Waals surface area (Å²) in [6.45, 7) is 1.88. The summed E-state index contributed by atoms with van der Waals surface area (Å²) in [4.78, 5) is 13.1. The molecule has 1 atom stereocenters. The molecule has 5 rings (SSSR count). The summed E-state index contributed by atoms with van der Waals surface area (Å²) in [6.07, 6.45) is 0. The van der Waals surface area contributed by atoms with Crippen LogP contribution >= 0.6 is 35.0 Å². The normalized spacial score (nSPS) is 11.8. The molecule has 0 aliphatic rings. The van der Waals surface area contributed by atoms with E-state index in [1.807, 2.05) is 90.4 Å². The molecule has 5 aromatic rings. The van der Waals surface area contributed by atoms with E-state index in [1.54, 1.807) is 23.9 Å². The number of halogens is 2. The van der Waals surface area contributed by atoms with Crippen molar-refractivity contribution in [3.63, 3.8) is 0 Å². The molecule has 0 bridgehead atoms. The SMILES string of the molecule is CC(NC(=O)c1ccc(-c2ccccc2)cc1)c1nnc(SCc2ccccc2)n1-c1ccc(Cl)cc1Cl. The smallest absolute Gasteiger partial charge is 0.251 e. The van der Waals surface area contributed by atoms with Crippen molar-refractivity contribution in [2.75, 3.05) is 0 Å². The fraction of sp³-hybridized carbons (Fsp3) is 0.100. The zero-order chi connectivity index (χ0) is 26.5. The summed E-state index contributed by atoms with van der Waals surface area (Å²) in [7, 11) is 0. The molecule has 1 N–H and O–H groups in total. The van der Waals surface area contributed by atoms with E-state index in [9.17, 15) is 4.79 Å². The summed E-state index contributed by atoms with van der Waals surface area (Å²) < 4.78 is 1.88. The Morgan fingerprint density at radius 3 is 2.21 bits per heavy atom. The van der Waals surface area contributed by atoms with Gasteiger partial charge in [0.15, 0.2) is 11.0 Å². The van der Waals surface area contributed by atoms with Gasteiger partial charge in [0.1, 0.15) is 0 Å². The lowest BCUT2D eigenvalue weighted by atomic mass is 10.0. The van der Waals surface area contributed by atoms with Crippen LogP contribution < -0.4 is 5.32 Å². The highest BCUT2D eigenvalue weighted by Crippen LogP contribution is 2.32. The van der Waals surface area contributed by atoms with Gasteiger partial charge < -0.3 is 5.32 Å². The second-order valence-electron chi connectivity index (χ2n) is 8.68. The number of nitrogens with one attached hydrogen (secondary N) is 1. The number of amides is 1. The van der Waals surface area contributed by atoms with Crippen molar-refractivity contribution in [2.45, 2.75) is 23.9 Å². The molecule has 8 heteroatoms. The third-order valence-corrected chi connectivity index (χ3v) is 7.55. The van der Waals surface area contributed by atoms with Gasteiger partial charge in [-0.3, -0.25) is 9.36 Å². The van der Waals surface area contributed by atoms with Crippen LogP contribution in [0, 0.1) is 0 Å². The minimum Gasteiger partial charge on any atom is -0.342 e. The molecule has 0 aliphatic heterocycles. The van der Waals surface area contributed by atoms with Crippen molar-refractivity contribution in [1.29, 1.82) is 0 Å². The number of nitrogens with zero attached hydrogens (tertiary/aromatic N) is 3. The Hall–Kier alpha value is -3.58. The average molecular weight is 560 g/mol. The van der Waals surface area contributed by atoms with Gasteiger partial charge in [0.2, 0.25) is 0 Å². The number of rotatable bonds is 8. The van der Waals surface area contributed by atoms with E-state index in [4.69, 9.17) is 23.2 Å². The lowest BCUT2D eigenvalue weighted by Crippen LogP contribution is -2.28. The highest BCUT2D eigenvalue weighted by atomic mass is 35.5. The second kappa shape index (κ2) is 11.9. The summed E-state index contributed by atoms with van der Waals surface area (Å²) in [5.41, 5.74) is 4.57. The molecule has 38 heavy (non-hydrogen) atoms. The van der Waals surface area contributed by atoms with Crippen molar-refractivity contribution in [3.8, 4) is 16.8 Å². The van der Waals surface area contributed by atoms with Crippen molar-refractivity contribution < 1.29 is 4.79 Å². The van der Waals surface area contributed by atoms with Crippen LogP contribution in [0.2, 0.25) is 10.0 Å². The molecular weight excluding hydrogens is 535 g/mol. The standard InChI is InChI=1S/C30H24Cl2N4OS/c1-20(33-29(37)24-14-12-23(13-15-24)22-10-6-3-7-11-22)28-34-35-30(38-19-21-8-4-2-5-9-21)36(28)27-17-16-25(31)18-26(27)32/h2-18,20H,19H2,1H3,(H,33,37). The van der Waals surface area contributed by atoms with Gasteiger partial charge in [-0.2, -0.15) is 0 Å². The Bertz CT molecular complexity index is 1540. The molecule has 1 amide bonds. The molecule has 0 radical (unpaired) electrons. The van der Waals surface area contributed by atoms with E-state index in [1.165, 1.54) is 0 Å². The number of aromatic nitrogens is 3. The Labute approximate surface area is 235 Å².